The minimum atomic E-state index is -0.428. The van der Waals surface area contributed by atoms with E-state index in [1.807, 2.05) is 18.2 Å². The lowest BCUT2D eigenvalue weighted by Gasteiger charge is -2.27. The van der Waals surface area contributed by atoms with Gasteiger partial charge in [-0.15, -0.1) is 0 Å². The number of rotatable bonds is 12. The van der Waals surface area contributed by atoms with Crippen molar-refractivity contribution in [2.24, 2.45) is 0 Å². The normalized spacial score (nSPS) is 13.8. The first-order valence-corrected chi connectivity index (χ1v) is 16.6. The van der Waals surface area contributed by atoms with Crippen LogP contribution in [0.15, 0.2) is 65.6 Å². The van der Waals surface area contributed by atoms with E-state index in [0.29, 0.717) is 24.1 Å². The van der Waals surface area contributed by atoms with Crippen LogP contribution >= 0.6 is 0 Å². The van der Waals surface area contributed by atoms with Crippen LogP contribution in [0.25, 0.3) is 22.2 Å². The van der Waals surface area contributed by atoms with Crippen LogP contribution in [0, 0.1) is 0 Å². The number of anilines is 2. The fourth-order valence-electron chi connectivity index (χ4n) is 6.11. The molecule has 46 heavy (non-hydrogen) atoms. The van der Waals surface area contributed by atoms with Crippen LogP contribution in [-0.2, 0) is 0 Å². The molecule has 1 aliphatic heterocycles. The number of urea groups is 1. The van der Waals surface area contributed by atoms with E-state index < -0.39 is 11.6 Å². The van der Waals surface area contributed by atoms with Crippen molar-refractivity contribution in [2.45, 2.75) is 65.2 Å². The summed E-state index contributed by atoms with van der Waals surface area (Å²) >= 11 is 0. The standard InChI is InChI=1S/C37H47N5O4/c1-25(2)31-22-29(27-11-8-13-30(21-27)46-20-18-41-15-6-5-7-16-41)23-32(26(3)4)34(31)39-37(45)42(17-10-19-43)33-24-28-12-9-14-38-35(28)40-36(33)44/h8-9,11-14,21-26,43H,5-7,10,15-20H2,1-4H3,(H,39,45)(H,38,40,44). The lowest BCUT2D eigenvalue weighted by atomic mass is 9.88. The summed E-state index contributed by atoms with van der Waals surface area (Å²) in [6, 6.07) is 17.4. The molecule has 0 unspecified atom stereocenters. The number of hydrogen-bond donors (Lipinski definition) is 3. The number of nitrogens with zero attached hydrogens (tertiary/aromatic N) is 3. The van der Waals surface area contributed by atoms with Crippen LogP contribution < -0.4 is 20.5 Å². The van der Waals surface area contributed by atoms with Crippen molar-refractivity contribution >= 4 is 28.4 Å². The van der Waals surface area contributed by atoms with Crippen molar-refractivity contribution in [3.8, 4) is 16.9 Å². The van der Waals surface area contributed by atoms with Gasteiger partial charge in [0.25, 0.3) is 5.56 Å². The number of aliphatic hydroxyl groups excluding tert-OH is 1. The number of fused-ring (bicyclic) bond motifs is 1. The molecule has 0 saturated carbocycles. The molecule has 2 aromatic carbocycles. The molecule has 0 radical (unpaired) electrons. The Morgan fingerprint density at radius 1 is 1.00 bits per heavy atom. The summed E-state index contributed by atoms with van der Waals surface area (Å²) in [4.78, 5) is 38.0. The van der Waals surface area contributed by atoms with Gasteiger partial charge in [0, 0.05) is 37.0 Å². The third-order valence-electron chi connectivity index (χ3n) is 8.64. The molecule has 2 aromatic heterocycles. The lowest BCUT2D eigenvalue weighted by Crippen LogP contribution is -2.39. The molecule has 1 aliphatic rings. The minimum Gasteiger partial charge on any atom is -0.492 e. The van der Waals surface area contributed by atoms with Crippen molar-refractivity contribution in [1.82, 2.24) is 14.9 Å². The Labute approximate surface area is 271 Å². The summed E-state index contributed by atoms with van der Waals surface area (Å²) in [6.07, 6.45) is 5.79. The van der Waals surface area contributed by atoms with Crippen molar-refractivity contribution in [2.75, 3.05) is 49.6 Å². The highest BCUT2D eigenvalue weighted by Crippen LogP contribution is 2.38. The second-order valence-corrected chi connectivity index (χ2v) is 12.7. The highest BCUT2D eigenvalue weighted by atomic mass is 16.5. The molecule has 2 amide bonds. The lowest BCUT2D eigenvalue weighted by molar-refractivity contribution is 0.183. The predicted molar refractivity (Wildman–Crippen MR) is 186 cm³/mol. The smallest absolute Gasteiger partial charge is 0.326 e. The Morgan fingerprint density at radius 2 is 1.74 bits per heavy atom. The molecular weight excluding hydrogens is 578 g/mol. The van der Waals surface area contributed by atoms with E-state index in [-0.39, 0.29) is 30.7 Å². The zero-order valence-electron chi connectivity index (χ0n) is 27.5. The fraction of sp³-hybridized carbons (Fsp3) is 0.432. The number of carbonyl (C=O) groups is 1. The van der Waals surface area contributed by atoms with Crippen LogP contribution in [0.1, 0.15) is 76.3 Å². The van der Waals surface area contributed by atoms with E-state index in [1.165, 1.54) is 24.2 Å². The SMILES string of the molecule is CC(C)c1cc(-c2cccc(OCCN3CCCCC3)c2)cc(C(C)C)c1NC(=O)N(CCCO)c1cc2cccnc2[nH]c1=O. The number of nitrogens with one attached hydrogen (secondary N) is 2. The number of ether oxygens (including phenoxy) is 1. The fourth-order valence-corrected chi connectivity index (χ4v) is 6.11. The van der Waals surface area contributed by atoms with E-state index in [4.69, 9.17) is 4.74 Å². The number of hydrogen-bond acceptors (Lipinski definition) is 6. The Bertz CT molecular complexity index is 1660. The van der Waals surface area contributed by atoms with Gasteiger partial charge in [0.15, 0.2) is 0 Å². The summed E-state index contributed by atoms with van der Waals surface area (Å²) in [5, 5.41) is 13.5. The van der Waals surface area contributed by atoms with Crippen molar-refractivity contribution in [1.29, 1.82) is 0 Å². The van der Waals surface area contributed by atoms with Crippen LogP contribution in [0.2, 0.25) is 0 Å². The molecule has 4 aromatic rings. The number of carbonyl (C=O) groups excluding carboxylic acids is 1. The number of H-pyrrole nitrogens is 1. The topological polar surface area (TPSA) is 111 Å². The van der Waals surface area contributed by atoms with Gasteiger partial charge in [-0.2, -0.15) is 0 Å². The van der Waals surface area contributed by atoms with Crippen molar-refractivity contribution < 1.29 is 14.6 Å². The van der Waals surface area contributed by atoms with E-state index in [2.05, 4.69) is 72.1 Å². The summed E-state index contributed by atoms with van der Waals surface area (Å²) in [5.74, 6) is 1.06. The van der Waals surface area contributed by atoms with Crippen molar-refractivity contribution in [3.05, 3.63) is 82.3 Å². The summed E-state index contributed by atoms with van der Waals surface area (Å²) < 4.78 is 6.19. The molecule has 3 heterocycles. The second kappa shape index (κ2) is 15.4. The monoisotopic (exact) mass is 625 g/mol. The maximum Gasteiger partial charge on any atom is 0.326 e. The number of likely N-dealkylation sites (tertiary alicyclic amines) is 1. The average molecular weight is 626 g/mol. The highest BCUT2D eigenvalue weighted by molar-refractivity contribution is 6.03. The number of aromatic amines is 1. The van der Waals surface area contributed by atoms with Crippen LogP contribution in [0.4, 0.5) is 16.2 Å². The van der Waals surface area contributed by atoms with E-state index in [9.17, 15) is 14.7 Å². The molecule has 0 atom stereocenters. The van der Waals surface area contributed by atoms with Gasteiger partial charge in [-0.3, -0.25) is 14.6 Å². The molecule has 9 nitrogen and oxygen atoms in total. The number of aromatic nitrogens is 2. The molecule has 1 fully saturated rings. The molecule has 0 spiro atoms. The Kier molecular flexibility index (Phi) is 11.1. The molecule has 5 rings (SSSR count). The minimum absolute atomic E-state index is 0.109. The van der Waals surface area contributed by atoms with Crippen LogP contribution in [0.3, 0.4) is 0 Å². The Balaban J connectivity index is 1.44. The molecular formula is C37H47N5O4. The van der Waals surface area contributed by atoms with Gasteiger partial charge in [0.1, 0.15) is 23.7 Å². The predicted octanol–water partition coefficient (Wildman–Crippen LogP) is 7.12. The first-order chi connectivity index (χ1) is 22.2. The maximum atomic E-state index is 14.0. The molecule has 9 heteroatoms. The van der Waals surface area contributed by atoms with Gasteiger partial charge in [0.2, 0.25) is 0 Å². The van der Waals surface area contributed by atoms with Gasteiger partial charge in [-0.1, -0.05) is 46.2 Å². The summed E-state index contributed by atoms with van der Waals surface area (Å²) in [7, 11) is 0. The maximum absolute atomic E-state index is 14.0. The number of benzene rings is 2. The summed E-state index contributed by atoms with van der Waals surface area (Å²) in [6.45, 7) is 12.4. The van der Waals surface area contributed by atoms with E-state index in [0.717, 1.165) is 53.3 Å². The largest absolute Gasteiger partial charge is 0.492 e. The third-order valence-corrected chi connectivity index (χ3v) is 8.64. The molecule has 1 saturated heterocycles. The van der Waals surface area contributed by atoms with Gasteiger partial charge in [-0.25, -0.2) is 9.78 Å². The zero-order chi connectivity index (χ0) is 32.6. The van der Waals surface area contributed by atoms with E-state index in [1.54, 1.807) is 18.3 Å². The molecule has 0 aliphatic carbocycles. The first-order valence-electron chi connectivity index (χ1n) is 16.6. The number of piperidine rings is 1. The van der Waals surface area contributed by atoms with Crippen LogP contribution in [0.5, 0.6) is 5.75 Å². The quantitative estimate of drug-likeness (QED) is 0.155. The Hall–Kier alpha value is -4.21. The van der Waals surface area contributed by atoms with Gasteiger partial charge >= 0.3 is 6.03 Å². The van der Waals surface area contributed by atoms with Crippen molar-refractivity contribution in [3.63, 3.8) is 0 Å². The third kappa shape index (κ3) is 7.95. The second-order valence-electron chi connectivity index (χ2n) is 12.7. The first kappa shape index (κ1) is 33.2. The number of amides is 2. The number of pyridine rings is 2. The Morgan fingerprint density at radius 3 is 2.43 bits per heavy atom. The van der Waals surface area contributed by atoms with E-state index >= 15 is 0 Å². The summed E-state index contributed by atoms with van der Waals surface area (Å²) in [5.41, 5.74) is 5.11. The van der Waals surface area contributed by atoms with Gasteiger partial charge in [0.05, 0.1) is 0 Å². The average Bonchev–Trinajstić information content (AvgIpc) is 3.05. The number of aliphatic hydroxyl groups is 1. The van der Waals surface area contributed by atoms with Gasteiger partial charge in [-0.05, 0) is 109 Å². The molecule has 3 N–H and O–H groups in total. The highest BCUT2D eigenvalue weighted by Gasteiger charge is 2.24. The molecule has 0 bridgehead atoms. The zero-order valence-corrected chi connectivity index (χ0v) is 27.5. The van der Waals surface area contributed by atoms with Gasteiger partial charge < -0.3 is 20.1 Å². The molecule has 244 valence electrons. The van der Waals surface area contributed by atoms with Crippen LogP contribution in [-0.4, -0.2) is 65.4 Å².